The fourth-order valence-electron chi connectivity index (χ4n) is 2.41. The zero-order chi connectivity index (χ0) is 18.8. The molecule has 1 amide bonds. The van der Waals surface area contributed by atoms with Crippen LogP contribution in [0.2, 0.25) is 0 Å². The largest absolute Gasteiger partial charge is 0.492 e. The zero-order valence-electron chi connectivity index (χ0n) is 15.4. The molecule has 0 radical (unpaired) electrons. The molecule has 0 atom stereocenters. The van der Waals surface area contributed by atoms with Crippen molar-refractivity contribution >= 4 is 19.1 Å². The monoisotopic (exact) mass is 349 g/mol. The van der Waals surface area contributed by atoms with Gasteiger partial charge in [0.1, 0.15) is 5.82 Å². The molecule has 0 saturated carbocycles. The number of hydrogen-bond donors (Lipinski definition) is 2. The second-order valence-corrected chi connectivity index (χ2v) is 7.23. The van der Waals surface area contributed by atoms with Crippen LogP contribution in [0.4, 0.5) is 4.39 Å². The molecule has 0 aromatic heterocycles. The Kier molecular flexibility index (Phi) is 5.71. The van der Waals surface area contributed by atoms with Gasteiger partial charge in [0, 0.05) is 19.0 Å². The minimum absolute atomic E-state index is 0.188. The Bertz CT molecular complexity index is 672. The smallest absolute Gasteiger partial charge is 0.400 e. The minimum Gasteiger partial charge on any atom is -0.400 e. The molecule has 7 heteroatoms. The van der Waals surface area contributed by atoms with Crippen LogP contribution in [0.25, 0.3) is 6.08 Å². The molecule has 1 heterocycles. The zero-order valence-corrected chi connectivity index (χ0v) is 15.4. The van der Waals surface area contributed by atoms with Crippen LogP contribution in [0.3, 0.4) is 0 Å². The number of aliphatic hydroxyl groups excluding tert-OH is 1. The predicted octanol–water partition coefficient (Wildman–Crippen LogP) is 2.47. The van der Waals surface area contributed by atoms with Crippen molar-refractivity contribution in [1.82, 2.24) is 5.32 Å². The molecule has 1 aliphatic heterocycles. The summed E-state index contributed by atoms with van der Waals surface area (Å²) in [6, 6.07) is 4.52. The molecule has 0 aliphatic carbocycles. The van der Waals surface area contributed by atoms with E-state index in [1.807, 2.05) is 27.7 Å². The lowest BCUT2D eigenvalue weighted by Crippen LogP contribution is -2.41. The molecule has 25 heavy (non-hydrogen) atoms. The molecule has 1 aromatic carbocycles. The van der Waals surface area contributed by atoms with Crippen molar-refractivity contribution in [3.8, 4) is 0 Å². The van der Waals surface area contributed by atoms with Gasteiger partial charge in [-0.25, -0.2) is 4.39 Å². The Balaban J connectivity index is 2.35. The van der Waals surface area contributed by atoms with Gasteiger partial charge in [0.25, 0.3) is 0 Å². The summed E-state index contributed by atoms with van der Waals surface area (Å²) in [5, 5.41) is 11.8. The minimum atomic E-state index is -0.686. The summed E-state index contributed by atoms with van der Waals surface area (Å²) in [5.74, 6) is -0.651. The molecule has 136 valence electrons. The molecular weight excluding hydrogens is 324 g/mol. The lowest BCUT2D eigenvalue weighted by molar-refractivity contribution is -0.118. The van der Waals surface area contributed by atoms with E-state index < -0.39 is 24.1 Å². The van der Waals surface area contributed by atoms with E-state index in [0.717, 1.165) is 0 Å². The third-order valence-corrected chi connectivity index (χ3v) is 4.69. The Hall–Kier alpha value is -1.70. The highest BCUT2D eigenvalue weighted by molar-refractivity contribution is 6.56. The van der Waals surface area contributed by atoms with E-state index in [4.69, 9.17) is 14.4 Å². The summed E-state index contributed by atoms with van der Waals surface area (Å²) >= 11 is 0. The number of carbonyl (C=O) groups excluding carboxylic acids is 1. The van der Waals surface area contributed by atoms with Gasteiger partial charge in [-0.15, -0.1) is 0 Å². The molecule has 0 spiro atoms. The van der Waals surface area contributed by atoms with Gasteiger partial charge < -0.3 is 19.7 Å². The van der Waals surface area contributed by atoms with Gasteiger partial charge in [-0.3, -0.25) is 4.79 Å². The van der Waals surface area contributed by atoms with Crippen LogP contribution in [0.5, 0.6) is 0 Å². The SMILES string of the molecule is CC(=O)NCC(=Cc1ccc(CO)cc1F)B1OC(C)(C)C(C)(C)O1. The number of rotatable bonds is 5. The quantitative estimate of drug-likeness (QED) is 0.802. The molecule has 1 fully saturated rings. The number of nitrogens with one attached hydrogen (secondary N) is 1. The average Bonchev–Trinajstić information content (AvgIpc) is 2.72. The van der Waals surface area contributed by atoms with Crippen LogP contribution in [0.15, 0.2) is 23.7 Å². The molecule has 2 N–H and O–H groups in total. The summed E-state index contributed by atoms with van der Waals surface area (Å²) in [7, 11) is -0.686. The molecule has 1 aromatic rings. The summed E-state index contributed by atoms with van der Waals surface area (Å²) in [4.78, 5) is 11.3. The summed E-state index contributed by atoms with van der Waals surface area (Å²) < 4.78 is 26.3. The van der Waals surface area contributed by atoms with E-state index in [1.165, 1.54) is 13.0 Å². The Labute approximate surface area is 148 Å². The second kappa shape index (κ2) is 7.27. The van der Waals surface area contributed by atoms with Crippen molar-refractivity contribution in [2.75, 3.05) is 6.54 Å². The van der Waals surface area contributed by atoms with Crippen LogP contribution < -0.4 is 5.32 Å². The lowest BCUT2D eigenvalue weighted by Gasteiger charge is -2.32. The summed E-state index contributed by atoms with van der Waals surface area (Å²) in [6.45, 7) is 9.10. The topological polar surface area (TPSA) is 67.8 Å². The highest BCUT2D eigenvalue weighted by Gasteiger charge is 2.52. The van der Waals surface area contributed by atoms with E-state index in [2.05, 4.69) is 5.32 Å². The van der Waals surface area contributed by atoms with E-state index in [-0.39, 0.29) is 19.1 Å². The predicted molar refractivity (Wildman–Crippen MR) is 95.1 cm³/mol. The van der Waals surface area contributed by atoms with E-state index in [1.54, 1.807) is 18.2 Å². The summed E-state index contributed by atoms with van der Waals surface area (Å²) in [5.41, 5.74) is 0.379. The van der Waals surface area contributed by atoms with Gasteiger partial charge in [0.15, 0.2) is 0 Å². The normalized spacial score (nSPS) is 19.2. The lowest BCUT2D eigenvalue weighted by atomic mass is 9.77. The average molecular weight is 349 g/mol. The van der Waals surface area contributed by atoms with Crippen molar-refractivity contribution in [2.24, 2.45) is 0 Å². The molecule has 1 saturated heterocycles. The number of aliphatic hydroxyl groups is 1. The molecule has 0 bridgehead atoms. The van der Waals surface area contributed by atoms with Gasteiger partial charge in [0.2, 0.25) is 5.91 Å². The van der Waals surface area contributed by atoms with E-state index in [0.29, 0.717) is 16.6 Å². The third kappa shape index (κ3) is 4.48. The van der Waals surface area contributed by atoms with E-state index >= 15 is 0 Å². The number of amides is 1. The van der Waals surface area contributed by atoms with Gasteiger partial charge in [-0.05, 0) is 44.8 Å². The Morgan fingerprint density at radius 3 is 2.36 bits per heavy atom. The first-order chi connectivity index (χ1) is 11.6. The maximum atomic E-state index is 14.3. The van der Waals surface area contributed by atoms with Crippen LogP contribution >= 0.6 is 0 Å². The van der Waals surface area contributed by atoms with Crippen molar-refractivity contribution in [3.05, 3.63) is 40.6 Å². The number of halogens is 1. The first kappa shape index (κ1) is 19.6. The van der Waals surface area contributed by atoms with Gasteiger partial charge in [-0.2, -0.15) is 0 Å². The number of hydrogen-bond acceptors (Lipinski definition) is 4. The standard InChI is InChI=1S/C18H25BFNO4/c1-12(23)21-10-15(19-24-17(2,3)18(4,5)25-19)9-14-7-6-13(11-22)8-16(14)20/h6-9,22H,10-11H2,1-5H3,(H,21,23). The molecule has 2 rings (SSSR count). The Morgan fingerprint density at radius 1 is 1.28 bits per heavy atom. The van der Waals surface area contributed by atoms with Gasteiger partial charge in [0.05, 0.1) is 17.8 Å². The highest BCUT2D eigenvalue weighted by atomic mass is 19.1. The van der Waals surface area contributed by atoms with Crippen LogP contribution in [0.1, 0.15) is 45.7 Å². The molecule has 5 nitrogen and oxygen atoms in total. The summed E-state index contributed by atoms with van der Waals surface area (Å²) in [6.07, 6.45) is 1.62. The Morgan fingerprint density at radius 2 is 1.88 bits per heavy atom. The van der Waals surface area contributed by atoms with E-state index in [9.17, 15) is 9.18 Å². The van der Waals surface area contributed by atoms with Crippen LogP contribution in [-0.2, 0) is 20.7 Å². The van der Waals surface area contributed by atoms with Crippen molar-refractivity contribution < 1.29 is 23.6 Å². The van der Waals surface area contributed by atoms with Crippen LogP contribution in [0, 0.1) is 5.82 Å². The number of carbonyl (C=O) groups is 1. The van der Waals surface area contributed by atoms with Crippen LogP contribution in [-0.4, -0.2) is 35.9 Å². The maximum absolute atomic E-state index is 14.3. The third-order valence-electron chi connectivity index (χ3n) is 4.69. The van der Waals surface area contributed by atoms with Crippen molar-refractivity contribution in [3.63, 3.8) is 0 Å². The first-order valence-electron chi connectivity index (χ1n) is 8.25. The first-order valence-corrected chi connectivity index (χ1v) is 8.25. The van der Waals surface area contributed by atoms with Gasteiger partial charge >= 0.3 is 7.12 Å². The highest BCUT2D eigenvalue weighted by Crippen LogP contribution is 2.38. The molecular formula is C18H25BFNO4. The van der Waals surface area contributed by atoms with Crippen molar-refractivity contribution in [1.29, 1.82) is 0 Å². The maximum Gasteiger partial charge on any atom is 0.492 e. The second-order valence-electron chi connectivity index (χ2n) is 7.23. The molecule has 1 aliphatic rings. The number of benzene rings is 1. The molecule has 0 unspecified atom stereocenters. The van der Waals surface area contributed by atoms with Crippen molar-refractivity contribution in [2.45, 2.75) is 52.4 Å². The fraction of sp³-hybridized carbons (Fsp3) is 0.500. The van der Waals surface area contributed by atoms with Gasteiger partial charge in [-0.1, -0.05) is 18.2 Å². The fourth-order valence-corrected chi connectivity index (χ4v) is 2.41.